The normalized spacial score (nSPS) is 18.9. The average Bonchev–Trinajstić information content (AvgIpc) is 2.41. The van der Waals surface area contributed by atoms with Crippen LogP contribution in [0.5, 0.6) is 11.5 Å². The molecular formula is C14H20O2Se2. The molecule has 0 aromatic heterocycles. The van der Waals surface area contributed by atoms with E-state index >= 15 is 0 Å². The third-order valence-corrected chi connectivity index (χ3v) is 6.98. The van der Waals surface area contributed by atoms with Gasteiger partial charge in [-0.2, -0.15) is 0 Å². The van der Waals surface area contributed by atoms with Gasteiger partial charge in [0.25, 0.3) is 0 Å². The maximum atomic E-state index is 5.83. The van der Waals surface area contributed by atoms with E-state index in [1.165, 1.54) is 34.1 Å². The Labute approximate surface area is 122 Å². The summed E-state index contributed by atoms with van der Waals surface area (Å²) in [6.07, 6.45) is 2.83. The molecule has 0 radical (unpaired) electrons. The molecule has 0 unspecified atom stereocenters. The van der Waals surface area contributed by atoms with E-state index in [0.717, 1.165) is 54.6 Å². The van der Waals surface area contributed by atoms with Crippen molar-refractivity contribution in [3.63, 3.8) is 0 Å². The Morgan fingerprint density at radius 2 is 1.22 bits per heavy atom. The summed E-state index contributed by atoms with van der Waals surface area (Å²) in [6, 6.07) is 8.06. The molecule has 0 spiro atoms. The summed E-state index contributed by atoms with van der Waals surface area (Å²) in [5, 5.41) is 5.27. The Bertz CT molecular complexity index is 311. The predicted molar refractivity (Wildman–Crippen MR) is 77.4 cm³/mol. The number of hydrogen-bond donors (Lipinski definition) is 0. The fourth-order valence-electron chi connectivity index (χ4n) is 1.72. The van der Waals surface area contributed by atoms with Crippen LogP contribution in [0.4, 0.5) is 0 Å². The van der Waals surface area contributed by atoms with Crippen molar-refractivity contribution in [1.82, 2.24) is 0 Å². The van der Waals surface area contributed by atoms with E-state index in [9.17, 15) is 0 Å². The van der Waals surface area contributed by atoms with Gasteiger partial charge in [0.2, 0.25) is 0 Å². The predicted octanol–water partition coefficient (Wildman–Crippen LogP) is 3.32. The van der Waals surface area contributed by atoms with Gasteiger partial charge in [0.1, 0.15) is 0 Å². The van der Waals surface area contributed by atoms with Crippen LogP contribution in [-0.2, 0) is 0 Å². The topological polar surface area (TPSA) is 18.5 Å². The number of benzene rings is 1. The first-order valence-corrected chi connectivity index (χ1v) is 11.3. The molecule has 0 bridgehead atoms. The monoisotopic (exact) mass is 380 g/mol. The zero-order valence-corrected chi connectivity index (χ0v) is 14.0. The second kappa shape index (κ2) is 8.87. The Morgan fingerprint density at radius 1 is 0.722 bits per heavy atom. The molecule has 1 aliphatic heterocycles. The van der Waals surface area contributed by atoms with Gasteiger partial charge in [-0.05, 0) is 0 Å². The molecule has 18 heavy (non-hydrogen) atoms. The van der Waals surface area contributed by atoms with Crippen molar-refractivity contribution in [1.29, 1.82) is 0 Å². The van der Waals surface area contributed by atoms with E-state index in [2.05, 4.69) is 0 Å². The van der Waals surface area contributed by atoms with Crippen LogP contribution in [0.1, 0.15) is 12.8 Å². The van der Waals surface area contributed by atoms with Gasteiger partial charge in [0, 0.05) is 0 Å². The van der Waals surface area contributed by atoms with Crippen molar-refractivity contribution >= 4 is 29.9 Å². The molecule has 0 saturated heterocycles. The summed E-state index contributed by atoms with van der Waals surface area (Å²) in [4.78, 5) is 0. The zero-order valence-electron chi connectivity index (χ0n) is 10.6. The first-order chi connectivity index (χ1) is 8.97. The van der Waals surface area contributed by atoms with Crippen LogP contribution in [0.25, 0.3) is 0 Å². The van der Waals surface area contributed by atoms with E-state index in [1.54, 1.807) is 0 Å². The van der Waals surface area contributed by atoms with Crippen molar-refractivity contribution in [2.45, 2.75) is 34.1 Å². The molecule has 0 saturated carbocycles. The first kappa shape index (κ1) is 14.3. The van der Waals surface area contributed by atoms with Gasteiger partial charge in [0.05, 0.1) is 0 Å². The molecule has 0 atom stereocenters. The summed E-state index contributed by atoms with van der Waals surface area (Å²) in [6.45, 7) is 1.68. The van der Waals surface area contributed by atoms with Crippen molar-refractivity contribution < 1.29 is 9.47 Å². The molecule has 100 valence electrons. The van der Waals surface area contributed by atoms with Crippen LogP contribution in [0, 0.1) is 0 Å². The molecule has 0 N–H and O–H groups in total. The molecule has 1 aromatic rings. The summed E-state index contributed by atoms with van der Waals surface area (Å²) >= 11 is 1.51. The molecule has 0 amide bonds. The Hall–Kier alpha value is -0.141. The number of hydrogen-bond acceptors (Lipinski definition) is 2. The first-order valence-electron chi connectivity index (χ1n) is 6.47. The molecule has 2 nitrogen and oxygen atoms in total. The minimum absolute atomic E-state index is 0.757. The van der Waals surface area contributed by atoms with Crippen molar-refractivity contribution in [3.8, 4) is 11.5 Å². The molecule has 2 rings (SSSR count). The van der Waals surface area contributed by atoms with Crippen LogP contribution < -0.4 is 9.47 Å². The molecular weight excluding hydrogens is 358 g/mol. The van der Waals surface area contributed by atoms with Crippen molar-refractivity contribution in [3.05, 3.63) is 24.3 Å². The number of para-hydroxylation sites is 2. The molecule has 1 aromatic carbocycles. The second-order valence-corrected chi connectivity index (χ2v) is 9.21. The standard InChI is InChI=1S/C14H20O2Se2/c1-2-6-14-13(5-1)15-7-11-17-9-3-4-10-18-12-8-16-14/h1-2,5-6H,3-4,7-12H2. The van der Waals surface area contributed by atoms with Crippen LogP contribution >= 0.6 is 0 Å². The fraction of sp³-hybridized carbons (Fsp3) is 0.571. The van der Waals surface area contributed by atoms with Gasteiger partial charge in [-0.1, -0.05) is 0 Å². The molecule has 0 fully saturated rings. The summed E-state index contributed by atoms with van der Waals surface area (Å²) < 4.78 is 11.7. The van der Waals surface area contributed by atoms with Crippen LogP contribution in [0.2, 0.25) is 21.3 Å². The molecule has 1 aliphatic rings. The zero-order chi connectivity index (χ0) is 12.5. The quantitative estimate of drug-likeness (QED) is 0.645. The number of fused-ring (bicyclic) bond motifs is 1. The van der Waals surface area contributed by atoms with Crippen LogP contribution in [0.3, 0.4) is 0 Å². The third-order valence-electron chi connectivity index (χ3n) is 2.65. The Morgan fingerprint density at radius 3 is 1.72 bits per heavy atom. The van der Waals surface area contributed by atoms with E-state index in [-0.39, 0.29) is 0 Å². The Kier molecular flexibility index (Phi) is 7.04. The Balaban J connectivity index is 1.91. The van der Waals surface area contributed by atoms with Gasteiger partial charge in [-0.3, -0.25) is 0 Å². The third kappa shape index (κ3) is 5.24. The SMILES string of the molecule is c1ccc2c(c1)OCC[Se]CCCC[Se]CCO2. The van der Waals surface area contributed by atoms with E-state index in [4.69, 9.17) is 9.47 Å². The number of rotatable bonds is 0. The summed E-state index contributed by atoms with van der Waals surface area (Å²) in [5.74, 6) is 1.83. The summed E-state index contributed by atoms with van der Waals surface area (Å²) in [7, 11) is 0. The minimum atomic E-state index is 0.757. The van der Waals surface area contributed by atoms with Crippen molar-refractivity contribution in [2.75, 3.05) is 13.2 Å². The van der Waals surface area contributed by atoms with Gasteiger partial charge >= 0.3 is 122 Å². The second-order valence-electron chi connectivity index (χ2n) is 4.08. The fourth-order valence-corrected chi connectivity index (χ4v) is 5.14. The van der Waals surface area contributed by atoms with Crippen molar-refractivity contribution in [2.24, 2.45) is 0 Å². The van der Waals surface area contributed by atoms with Gasteiger partial charge in [-0.15, -0.1) is 0 Å². The van der Waals surface area contributed by atoms with E-state index in [1.807, 2.05) is 24.3 Å². The summed E-state index contributed by atoms with van der Waals surface area (Å²) in [5.41, 5.74) is 0. The van der Waals surface area contributed by atoms with Gasteiger partial charge in [0.15, 0.2) is 0 Å². The van der Waals surface area contributed by atoms with E-state index < -0.39 is 0 Å². The maximum absolute atomic E-state index is 5.83. The van der Waals surface area contributed by atoms with Crippen LogP contribution in [-0.4, -0.2) is 43.1 Å². The molecule has 4 heteroatoms. The van der Waals surface area contributed by atoms with E-state index in [0.29, 0.717) is 0 Å². The van der Waals surface area contributed by atoms with Gasteiger partial charge < -0.3 is 0 Å². The molecule has 0 aliphatic carbocycles. The average molecular weight is 378 g/mol. The number of ether oxygens (including phenoxy) is 2. The van der Waals surface area contributed by atoms with Gasteiger partial charge in [-0.25, -0.2) is 0 Å². The van der Waals surface area contributed by atoms with Crippen LogP contribution in [0.15, 0.2) is 24.3 Å². The molecule has 1 heterocycles.